The van der Waals surface area contributed by atoms with Crippen molar-refractivity contribution in [2.45, 2.75) is 136 Å². The van der Waals surface area contributed by atoms with E-state index in [1.165, 1.54) is 53.0 Å². The first-order chi connectivity index (χ1) is 41.5. The zero-order chi connectivity index (χ0) is 65.0. The Morgan fingerprint density at radius 2 is 0.955 bits per heavy atom. The first kappa shape index (κ1) is 70.1. The van der Waals surface area contributed by atoms with Crippen molar-refractivity contribution in [3.05, 3.63) is 163 Å². The highest BCUT2D eigenvalue weighted by Crippen LogP contribution is 2.44. The highest BCUT2D eigenvalue weighted by Gasteiger charge is 2.56. The summed E-state index contributed by atoms with van der Waals surface area (Å²) in [5.41, 5.74) is 2.91. The lowest BCUT2D eigenvalue weighted by Crippen LogP contribution is -2.63. The number of aryl methyl sites for hydroxylation is 2. The number of ether oxygens (including phenoxy) is 2. The van der Waals surface area contributed by atoms with Gasteiger partial charge in [-0.15, -0.1) is 22.7 Å². The van der Waals surface area contributed by atoms with Crippen LogP contribution in [0.5, 0.6) is 0 Å². The lowest BCUT2D eigenvalue weighted by atomic mass is 9.86. The van der Waals surface area contributed by atoms with Crippen molar-refractivity contribution in [2.75, 3.05) is 26.4 Å². The Kier molecular flexibility index (Phi) is 23.3. The van der Waals surface area contributed by atoms with E-state index < -0.39 is 159 Å². The molecule has 2 aliphatic rings. The second kappa shape index (κ2) is 29.3. The number of carbonyl (C=O) groups is 2. The van der Waals surface area contributed by atoms with Gasteiger partial charge in [0.25, 0.3) is 0 Å². The molecule has 20 N–H and O–H groups in total. The molecule has 0 saturated carbocycles. The van der Waals surface area contributed by atoms with Crippen LogP contribution >= 0.6 is 22.7 Å². The summed E-state index contributed by atoms with van der Waals surface area (Å²) >= 11 is 2.44. The van der Waals surface area contributed by atoms with E-state index >= 15 is 0 Å². The monoisotopic (exact) mass is 1280 g/mol. The molecule has 6 aromatic rings. The van der Waals surface area contributed by atoms with Crippen LogP contribution in [0.3, 0.4) is 0 Å². The van der Waals surface area contributed by atoms with Crippen molar-refractivity contribution in [1.82, 2.24) is 0 Å². The van der Waals surface area contributed by atoms with Gasteiger partial charge in [-0.1, -0.05) is 30.3 Å². The van der Waals surface area contributed by atoms with Crippen molar-refractivity contribution in [1.29, 1.82) is 0 Å². The van der Waals surface area contributed by atoms with Gasteiger partial charge in [0.2, 0.25) is 11.6 Å². The molecule has 8 rings (SSSR count). The highest BCUT2D eigenvalue weighted by atomic mass is 32.1. The largest absolute Gasteiger partial charge is 0.394 e. The topological polar surface area (TPSA) is 457 Å². The lowest BCUT2D eigenvalue weighted by Gasteiger charge is -2.46. The number of aliphatic hydroxyl groups is 20. The average molecular weight is 1280 g/mol. The molecule has 5 unspecified atom stereocenters. The molecule has 480 valence electrons. The Balaban J connectivity index is 0.000000251. The summed E-state index contributed by atoms with van der Waals surface area (Å²) < 4.78 is 39.5. The number of rotatable bonds is 22. The van der Waals surface area contributed by atoms with Crippen LogP contribution in [0.1, 0.15) is 63.9 Å². The van der Waals surface area contributed by atoms with Crippen molar-refractivity contribution in [3.63, 3.8) is 0 Å². The third-order valence-electron chi connectivity index (χ3n) is 15.6. The Morgan fingerprint density at radius 1 is 0.511 bits per heavy atom. The highest BCUT2D eigenvalue weighted by molar-refractivity contribution is 7.15. The molecule has 0 radical (unpaired) electrons. The van der Waals surface area contributed by atoms with Gasteiger partial charge in [-0.25, -0.2) is 8.78 Å². The smallest absolute Gasteiger partial charge is 0.223 e. The quantitative estimate of drug-likeness (QED) is 0.0310. The van der Waals surface area contributed by atoms with Crippen LogP contribution in [0.2, 0.25) is 0 Å². The van der Waals surface area contributed by atoms with Crippen LogP contribution in [-0.4, -0.2) is 238 Å². The van der Waals surface area contributed by atoms with E-state index in [0.29, 0.717) is 27.3 Å². The van der Waals surface area contributed by atoms with E-state index in [2.05, 4.69) is 0 Å². The number of benzene rings is 4. The molecule has 4 heterocycles. The number of hydrogen-bond acceptors (Lipinski definition) is 26. The van der Waals surface area contributed by atoms with Gasteiger partial charge in [0.15, 0.2) is 11.6 Å². The van der Waals surface area contributed by atoms with Crippen LogP contribution in [-0.2, 0) is 33.9 Å². The van der Waals surface area contributed by atoms with Gasteiger partial charge >= 0.3 is 0 Å². The maximum absolute atomic E-state index is 14.4. The Hall–Kier alpha value is -5.40. The number of Topliss-reactive ketones (excluding diaryl/α,β-unsaturated/α-hetero) is 2. The fourth-order valence-electron chi connectivity index (χ4n) is 10.1. The zero-order valence-electron chi connectivity index (χ0n) is 46.9. The SMILES string of the molecule is Cc1ccc(C(=O)[C@H](O)[C@H](O)[C@@H](O)[C@@H](O)CO)cc1Cc1ccc(-c2ccc(F)cc2C(=O)[C@H](O)[C@@H](O)[C@H](O)[C@H](O)CO)s1.Cc1ccc(C2(O)O[C@H](CO)C(O)C(O)C2O)cc1Cc1ccc(-c2ccc(F)cc2C2(O)O[C@H](CO)[C@@H](O)[C@H](O)[C@H]2O)s1. The molecule has 2 aliphatic heterocycles. The van der Waals surface area contributed by atoms with E-state index in [-0.39, 0.29) is 39.8 Å². The lowest BCUT2D eigenvalue weighted by molar-refractivity contribution is -0.357. The second-order valence-corrected chi connectivity index (χ2v) is 23.9. The zero-order valence-corrected chi connectivity index (χ0v) is 48.5. The molecule has 88 heavy (non-hydrogen) atoms. The maximum atomic E-state index is 14.4. The number of hydrogen-bond donors (Lipinski definition) is 20. The van der Waals surface area contributed by atoms with Gasteiger partial charge in [0.05, 0.1) is 26.4 Å². The molecule has 0 spiro atoms. The summed E-state index contributed by atoms with van der Waals surface area (Å²) in [4.78, 5) is 28.4. The van der Waals surface area contributed by atoms with E-state index in [4.69, 9.17) is 19.7 Å². The van der Waals surface area contributed by atoms with Gasteiger partial charge in [0, 0.05) is 65.7 Å². The number of thiophene rings is 2. The molecule has 18 atom stereocenters. The summed E-state index contributed by atoms with van der Waals surface area (Å²) in [5, 5.41) is 202. The Bertz CT molecular complexity index is 3360. The summed E-state index contributed by atoms with van der Waals surface area (Å²) in [6.07, 6.45) is -29.5. The molecule has 24 nitrogen and oxygen atoms in total. The van der Waals surface area contributed by atoms with Crippen LogP contribution in [0.15, 0.2) is 97.1 Å². The van der Waals surface area contributed by atoms with Gasteiger partial charge in [0.1, 0.15) is 109 Å². The molecule has 0 amide bonds. The van der Waals surface area contributed by atoms with Crippen LogP contribution < -0.4 is 0 Å². The predicted molar refractivity (Wildman–Crippen MR) is 306 cm³/mol. The minimum atomic E-state index is -2.68. The third kappa shape index (κ3) is 14.7. The minimum Gasteiger partial charge on any atom is -0.394 e. The Labute approximate surface area is 508 Å². The van der Waals surface area contributed by atoms with Crippen molar-refractivity contribution in [3.8, 4) is 20.9 Å². The minimum absolute atomic E-state index is 0.00656. The van der Waals surface area contributed by atoms with Crippen molar-refractivity contribution in [2.24, 2.45) is 0 Å². The third-order valence-corrected chi connectivity index (χ3v) is 17.8. The van der Waals surface area contributed by atoms with E-state index in [9.17, 15) is 110 Å². The van der Waals surface area contributed by atoms with Crippen molar-refractivity contribution >= 4 is 34.2 Å². The normalized spacial score (nSPS) is 26.6. The number of ketones is 2. The average Bonchev–Trinajstić information content (AvgIpc) is 1.64. The van der Waals surface area contributed by atoms with Gasteiger partial charge in [-0.3, -0.25) is 9.59 Å². The number of carbonyl (C=O) groups excluding carboxylic acids is 2. The predicted octanol–water partition coefficient (Wildman–Crippen LogP) is -2.62. The van der Waals surface area contributed by atoms with Crippen LogP contribution in [0, 0.1) is 25.5 Å². The first-order valence-corrected chi connectivity index (χ1v) is 28.9. The van der Waals surface area contributed by atoms with Gasteiger partial charge < -0.3 is 112 Å². The fraction of sp³-hybridized carbons (Fsp3) is 0.433. The summed E-state index contributed by atoms with van der Waals surface area (Å²) in [6.45, 7) is 0.238. The summed E-state index contributed by atoms with van der Waals surface area (Å²) in [6, 6.07) is 22.7. The summed E-state index contributed by atoms with van der Waals surface area (Å²) in [7, 11) is 0. The van der Waals surface area contributed by atoms with Gasteiger partial charge in [-0.2, -0.15) is 0 Å². The van der Waals surface area contributed by atoms with Crippen LogP contribution in [0.25, 0.3) is 20.9 Å². The van der Waals surface area contributed by atoms with E-state index in [0.717, 1.165) is 45.1 Å². The summed E-state index contributed by atoms with van der Waals surface area (Å²) in [5.74, 6) is -8.76. The molecule has 2 saturated heterocycles. The van der Waals surface area contributed by atoms with E-state index in [1.807, 2.05) is 6.92 Å². The molecule has 4 aromatic carbocycles. The maximum Gasteiger partial charge on any atom is 0.223 e. The Morgan fingerprint density at radius 3 is 1.47 bits per heavy atom. The molecular weight excluding hydrogens is 1210 g/mol. The molecule has 28 heteroatoms. The van der Waals surface area contributed by atoms with Crippen LogP contribution in [0.4, 0.5) is 8.78 Å². The number of aliphatic hydroxyl groups excluding tert-OH is 18. The standard InChI is InChI=1S/2C30H35FO12S/c1-13-2-3-15(29(40)27(38)25(36)23(34)20(11-32)42-29)8-14(13)9-17-5-7-22(44-17)18-6-4-16(31)10-19(18)30(41)28(39)26(37)24(35)21(12-33)43-30;1-13-2-3-14(23(36)27(40)29(42)25(38)20(34)11-32)8-15(13)9-17-5-7-22(44-17)18-6-4-16(31)10-19(18)24(37)28(41)30(43)26(39)21(35)12-33/h2-8,10,20-21,23-28,32-41H,9,11-12H2,1H3;2-8,10,20-21,25-30,32-35,38-43H,9,11-12H2,1H3/t20-,21-,23?,24-,25?,26+,27?,28-,29?,30?;20-,21+,25-,26+,27-,28-,29+,30-/m10/s1. The molecule has 2 aromatic heterocycles. The van der Waals surface area contributed by atoms with Crippen molar-refractivity contribution < 1.29 is 130 Å². The van der Waals surface area contributed by atoms with Gasteiger partial charge in [-0.05, 0) is 103 Å². The molecule has 0 aliphatic carbocycles. The molecule has 0 bridgehead atoms. The fourth-order valence-corrected chi connectivity index (χ4v) is 12.3. The first-order valence-electron chi connectivity index (χ1n) is 27.3. The molecular formula is C60H70F2O24S2. The van der Waals surface area contributed by atoms with E-state index in [1.54, 1.807) is 49.4 Å². The number of halogens is 2. The molecule has 2 fully saturated rings. The second-order valence-electron chi connectivity index (χ2n) is 21.6.